The van der Waals surface area contributed by atoms with Gasteiger partial charge in [0.2, 0.25) is 0 Å². The molecule has 19 heavy (non-hydrogen) atoms. The van der Waals surface area contributed by atoms with Crippen LogP contribution in [0.2, 0.25) is 0 Å². The molecule has 0 atom stereocenters. The van der Waals surface area contributed by atoms with Crippen molar-refractivity contribution in [2.45, 2.75) is 39.3 Å². The highest BCUT2D eigenvalue weighted by Gasteiger charge is 2.18. The van der Waals surface area contributed by atoms with E-state index in [2.05, 4.69) is 24.4 Å². The fraction of sp³-hybridized carbons (Fsp3) is 0.500. The monoisotopic (exact) mass is 259 g/mol. The van der Waals surface area contributed by atoms with E-state index in [1.807, 2.05) is 0 Å². The van der Waals surface area contributed by atoms with Crippen molar-refractivity contribution in [3.8, 4) is 0 Å². The second-order valence-electron chi connectivity index (χ2n) is 5.19. The van der Waals surface area contributed by atoms with Gasteiger partial charge >= 0.3 is 0 Å². The minimum atomic E-state index is 0.618. The Kier molecular flexibility index (Phi) is 3.58. The molecule has 0 amide bonds. The fourth-order valence-electron chi connectivity index (χ4n) is 2.95. The predicted octanol–water partition coefficient (Wildman–Crippen LogP) is 3.18. The average Bonchev–Trinajstić information content (AvgIpc) is 2.99. The Balaban J connectivity index is 2.08. The topological polar surface area (TPSA) is 34.4 Å². The molecule has 0 fully saturated rings. The van der Waals surface area contributed by atoms with Gasteiger partial charge < -0.3 is 14.5 Å². The molecule has 0 saturated heterocycles. The number of hydrogen-bond acceptors (Lipinski definition) is 3. The second-order valence-corrected chi connectivity index (χ2v) is 5.19. The van der Waals surface area contributed by atoms with Crippen LogP contribution in [0.15, 0.2) is 16.5 Å². The lowest BCUT2D eigenvalue weighted by atomic mass is 10.0. The maximum Gasteiger partial charge on any atom is 0.135 e. The standard InChI is InChI=1S/C16H21NO2/c1-3-17-9-16-14(10-18-2)13-7-11-5-4-6-12(11)8-15(13)19-16/h7-8,17H,3-6,9-10H2,1-2H3. The van der Waals surface area contributed by atoms with Crippen LogP contribution in [0.4, 0.5) is 0 Å². The van der Waals surface area contributed by atoms with Gasteiger partial charge in [0.05, 0.1) is 13.2 Å². The molecule has 2 aromatic rings. The van der Waals surface area contributed by atoms with E-state index >= 15 is 0 Å². The summed E-state index contributed by atoms with van der Waals surface area (Å²) in [6.45, 7) is 4.44. The molecule has 1 aromatic heterocycles. The molecule has 1 aromatic carbocycles. The highest BCUT2D eigenvalue weighted by atomic mass is 16.5. The lowest BCUT2D eigenvalue weighted by molar-refractivity contribution is 0.183. The van der Waals surface area contributed by atoms with Gasteiger partial charge in [0.15, 0.2) is 0 Å². The second kappa shape index (κ2) is 5.35. The molecular formula is C16H21NO2. The summed E-state index contributed by atoms with van der Waals surface area (Å²) < 4.78 is 11.4. The van der Waals surface area contributed by atoms with E-state index in [1.165, 1.54) is 41.3 Å². The molecule has 0 radical (unpaired) electrons. The van der Waals surface area contributed by atoms with Crippen molar-refractivity contribution in [3.63, 3.8) is 0 Å². The minimum Gasteiger partial charge on any atom is -0.459 e. The maximum absolute atomic E-state index is 6.04. The summed E-state index contributed by atoms with van der Waals surface area (Å²) in [7, 11) is 1.74. The first-order valence-electron chi connectivity index (χ1n) is 7.09. The largest absolute Gasteiger partial charge is 0.459 e. The summed E-state index contributed by atoms with van der Waals surface area (Å²) in [5.74, 6) is 1.02. The normalized spacial score (nSPS) is 14.2. The number of rotatable bonds is 5. The van der Waals surface area contributed by atoms with E-state index in [4.69, 9.17) is 9.15 Å². The van der Waals surface area contributed by atoms with Crippen LogP contribution >= 0.6 is 0 Å². The van der Waals surface area contributed by atoms with Crippen LogP contribution in [0.25, 0.3) is 11.0 Å². The predicted molar refractivity (Wildman–Crippen MR) is 76.3 cm³/mol. The number of methoxy groups -OCH3 is 1. The SMILES string of the molecule is CCNCc1oc2cc3c(cc2c1COC)CCC3. The van der Waals surface area contributed by atoms with E-state index in [0.717, 1.165) is 24.4 Å². The highest BCUT2D eigenvalue weighted by Crippen LogP contribution is 2.33. The third-order valence-electron chi connectivity index (χ3n) is 3.91. The Hall–Kier alpha value is -1.32. The van der Waals surface area contributed by atoms with Crippen LogP contribution < -0.4 is 5.32 Å². The van der Waals surface area contributed by atoms with Crippen LogP contribution in [-0.4, -0.2) is 13.7 Å². The summed E-state index contributed by atoms with van der Waals surface area (Å²) >= 11 is 0. The van der Waals surface area contributed by atoms with E-state index < -0.39 is 0 Å². The smallest absolute Gasteiger partial charge is 0.135 e. The minimum absolute atomic E-state index is 0.618. The number of fused-ring (bicyclic) bond motifs is 2. The molecule has 0 aliphatic heterocycles. The van der Waals surface area contributed by atoms with Gasteiger partial charge in [-0.05, 0) is 49.1 Å². The van der Waals surface area contributed by atoms with Crippen molar-refractivity contribution in [1.82, 2.24) is 5.32 Å². The zero-order valence-corrected chi connectivity index (χ0v) is 11.7. The summed E-state index contributed by atoms with van der Waals surface area (Å²) in [6, 6.07) is 4.54. The number of nitrogens with one attached hydrogen (secondary N) is 1. The molecule has 0 saturated carbocycles. The first-order chi connectivity index (χ1) is 9.33. The Morgan fingerprint density at radius 3 is 2.79 bits per heavy atom. The first-order valence-corrected chi connectivity index (χ1v) is 7.09. The van der Waals surface area contributed by atoms with Crippen LogP contribution in [0.1, 0.15) is 35.8 Å². The summed E-state index contributed by atoms with van der Waals surface area (Å²) in [6.07, 6.45) is 3.66. The molecule has 1 heterocycles. The van der Waals surface area contributed by atoms with E-state index in [1.54, 1.807) is 7.11 Å². The van der Waals surface area contributed by atoms with Crippen molar-refractivity contribution >= 4 is 11.0 Å². The summed E-state index contributed by atoms with van der Waals surface area (Å²) in [5, 5.41) is 4.56. The molecule has 0 spiro atoms. The van der Waals surface area contributed by atoms with Crippen LogP contribution in [0.3, 0.4) is 0 Å². The van der Waals surface area contributed by atoms with E-state index in [0.29, 0.717) is 6.61 Å². The Bertz CT molecular complexity index is 586. The van der Waals surface area contributed by atoms with Gasteiger partial charge in [0.25, 0.3) is 0 Å². The number of hydrogen-bond donors (Lipinski definition) is 1. The van der Waals surface area contributed by atoms with Crippen LogP contribution in [-0.2, 0) is 30.7 Å². The maximum atomic E-state index is 6.04. The first kappa shape index (κ1) is 12.7. The van der Waals surface area contributed by atoms with Crippen molar-refractivity contribution < 1.29 is 9.15 Å². The molecule has 0 bridgehead atoms. The Morgan fingerprint density at radius 1 is 1.26 bits per heavy atom. The third-order valence-corrected chi connectivity index (χ3v) is 3.91. The van der Waals surface area contributed by atoms with Gasteiger partial charge in [0.1, 0.15) is 11.3 Å². The number of ether oxygens (including phenoxy) is 1. The molecule has 3 heteroatoms. The average molecular weight is 259 g/mol. The van der Waals surface area contributed by atoms with Crippen LogP contribution in [0, 0.1) is 0 Å². The van der Waals surface area contributed by atoms with Gasteiger partial charge in [0, 0.05) is 18.1 Å². The zero-order chi connectivity index (χ0) is 13.2. The summed E-state index contributed by atoms with van der Waals surface area (Å²) in [4.78, 5) is 0. The Labute approximate surface area is 113 Å². The van der Waals surface area contributed by atoms with Crippen molar-refractivity contribution in [2.75, 3.05) is 13.7 Å². The van der Waals surface area contributed by atoms with Crippen LogP contribution in [0.5, 0.6) is 0 Å². The third kappa shape index (κ3) is 2.28. The van der Waals surface area contributed by atoms with Gasteiger partial charge in [-0.15, -0.1) is 0 Å². The highest BCUT2D eigenvalue weighted by molar-refractivity contribution is 5.84. The molecule has 1 aliphatic carbocycles. The lowest BCUT2D eigenvalue weighted by Gasteiger charge is -2.03. The number of furan rings is 1. The van der Waals surface area contributed by atoms with Gasteiger partial charge in [-0.2, -0.15) is 0 Å². The van der Waals surface area contributed by atoms with E-state index in [9.17, 15) is 0 Å². The van der Waals surface area contributed by atoms with Crippen molar-refractivity contribution in [1.29, 1.82) is 0 Å². The Morgan fingerprint density at radius 2 is 2.05 bits per heavy atom. The molecule has 102 valence electrons. The van der Waals surface area contributed by atoms with Gasteiger partial charge in [-0.1, -0.05) is 6.92 Å². The van der Waals surface area contributed by atoms with E-state index in [-0.39, 0.29) is 0 Å². The van der Waals surface area contributed by atoms with Crippen molar-refractivity contribution in [2.24, 2.45) is 0 Å². The molecular weight excluding hydrogens is 238 g/mol. The molecule has 1 N–H and O–H groups in total. The van der Waals surface area contributed by atoms with Crippen molar-refractivity contribution in [3.05, 3.63) is 34.6 Å². The summed E-state index contributed by atoms with van der Waals surface area (Å²) in [5.41, 5.74) is 5.16. The zero-order valence-electron chi connectivity index (χ0n) is 11.7. The quantitative estimate of drug-likeness (QED) is 0.895. The van der Waals surface area contributed by atoms with Gasteiger partial charge in [-0.3, -0.25) is 0 Å². The molecule has 0 unspecified atom stereocenters. The molecule has 3 rings (SSSR count). The van der Waals surface area contributed by atoms with Gasteiger partial charge in [-0.25, -0.2) is 0 Å². The molecule has 3 nitrogen and oxygen atoms in total. The fourth-order valence-corrected chi connectivity index (χ4v) is 2.95. The lowest BCUT2D eigenvalue weighted by Crippen LogP contribution is -2.12. The number of benzene rings is 1. The molecule has 1 aliphatic rings. The number of aryl methyl sites for hydroxylation is 2.